The van der Waals surface area contributed by atoms with E-state index in [9.17, 15) is 13.9 Å². The van der Waals surface area contributed by atoms with Crippen LogP contribution in [0.15, 0.2) is 6.20 Å². The molecule has 2 nitrogen and oxygen atoms in total. The summed E-state index contributed by atoms with van der Waals surface area (Å²) in [5, 5.41) is 9.60. The molecule has 5 heteroatoms. The van der Waals surface area contributed by atoms with Crippen LogP contribution in [0.4, 0.5) is 8.78 Å². The predicted octanol–water partition coefficient (Wildman–Crippen LogP) is 2.93. The summed E-state index contributed by atoms with van der Waals surface area (Å²) in [7, 11) is 0. The molecule has 0 amide bonds. The van der Waals surface area contributed by atoms with Gasteiger partial charge in [0.1, 0.15) is 11.4 Å². The monoisotopic (exact) mass is 251 g/mol. The lowest BCUT2D eigenvalue weighted by atomic mass is 10.1. The molecule has 0 saturated heterocycles. The van der Waals surface area contributed by atoms with Crippen molar-refractivity contribution in [1.29, 1.82) is 0 Å². The second-order valence-electron chi connectivity index (χ2n) is 2.57. The van der Waals surface area contributed by atoms with Crippen molar-refractivity contribution in [2.24, 2.45) is 0 Å². The second kappa shape index (κ2) is 4.00. The zero-order chi connectivity index (χ0) is 10.0. The number of hydrogen-bond donors (Lipinski definition) is 1. The van der Waals surface area contributed by atoms with Crippen LogP contribution in [-0.2, 0) is 5.33 Å². The molecule has 1 heterocycles. The normalized spacial score (nSPS) is 10.8. The van der Waals surface area contributed by atoms with Crippen LogP contribution in [-0.4, -0.2) is 10.1 Å². The summed E-state index contributed by atoms with van der Waals surface area (Å²) < 4.78 is 24.6. The van der Waals surface area contributed by atoms with Crippen molar-refractivity contribution < 1.29 is 13.9 Å². The van der Waals surface area contributed by atoms with Crippen molar-refractivity contribution in [3.63, 3.8) is 0 Å². The Morgan fingerprint density at radius 1 is 1.62 bits per heavy atom. The number of nitrogens with zero attached hydrogens (tertiary/aromatic N) is 1. The van der Waals surface area contributed by atoms with Gasteiger partial charge in [-0.05, 0) is 12.5 Å². The van der Waals surface area contributed by atoms with E-state index >= 15 is 0 Å². The Morgan fingerprint density at radius 2 is 2.23 bits per heavy atom. The fourth-order valence-corrected chi connectivity index (χ4v) is 1.75. The third-order valence-corrected chi connectivity index (χ3v) is 2.37. The van der Waals surface area contributed by atoms with Crippen molar-refractivity contribution in [3.8, 4) is 5.75 Å². The summed E-state index contributed by atoms with van der Waals surface area (Å²) in [6.45, 7) is 1.52. The molecule has 1 aromatic heterocycles. The minimum absolute atomic E-state index is 0.0567. The minimum atomic E-state index is -2.60. The molecule has 1 aromatic rings. The average molecular weight is 252 g/mol. The quantitative estimate of drug-likeness (QED) is 0.821. The van der Waals surface area contributed by atoms with Crippen LogP contribution in [0.3, 0.4) is 0 Å². The molecule has 0 saturated carbocycles. The van der Waals surface area contributed by atoms with E-state index in [0.29, 0.717) is 16.5 Å². The van der Waals surface area contributed by atoms with Crippen LogP contribution in [0.2, 0.25) is 0 Å². The molecule has 0 bridgehead atoms. The number of aromatic hydroxyl groups is 1. The molecule has 0 aliphatic rings. The van der Waals surface area contributed by atoms with Gasteiger partial charge in [0.15, 0.2) is 0 Å². The van der Waals surface area contributed by atoms with Crippen LogP contribution < -0.4 is 0 Å². The summed E-state index contributed by atoms with van der Waals surface area (Å²) in [5.74, 6) is -0.0567. The Balaban J connectivity index is 3.27. The first-order chi connectivity index (χ1) is 6.07. The molecule has 0 atom stereocenters. The Labute approximate surface area is 82.7 Å². The SMILES string of the molecule is Cc1c(C(F)F)ncc(O)c1CBr. The fraction of sp³-hybridized carbons (Fsp3) is 0.375. The van der Waals surface area contributed by atoms with Gasteiger partial charge < -0.3 is 5.11 Å². The lowest BCUT2D eigenvalue weighted by Gasteiger charge is -2.09. The number of aromatic nitrogens is 1. The summed E-state index contributed by atoms with van der Waals surface area (Å²) >= 11 is 3.11. The van der Waals surface area contributed by atoms with Gasteiger partial charge in [0.2, 0.25) is 0 Å². The molecule has 72 valence electrons. The van der Waals surface area contributed by atoms with Crippen LogP contribution in [0.5, 0.6) is 5.75 Å². The van der Waals surface area contributed by atoms with E-state index in [2.05, 4.69) is 20.9 Å². The predicted molar refractivity (Wildman–Crippen MR) is 48.2 cm³/mol. The van der Waals surface area contributed by atoms with Crippen LogP contribution in [0, 0.1) is 6.92 Å². The molecular weight excluding hydrogens is 244 g/mol. The summed E-state index contributed by atoms with van der Waals surface area (Å²) in [5.41, 5.74) is 0.532. The van der Waals surface area contributed by atoms with Crippen molar-refractivity contribution in [2.75, 3.05) is 0 Å². The Kier molecular flexibility index (Phi) is 3.19. The number of hydrogen-bond acceptors (Lipinski definition) is 2. The highest BCUT2D eigenvalue weighted by molar-refractivity contribution is 9.08. The maximum atomic E-state index is 12.3. The van der Waals surface area contributed by atoms with E-state index in [1.807, 2.05) is 0 Å². The summed E-state index contributed by atoms with van der Waals surface area (Å²) in [4.78, 5) is 3.47. The third-order valence-electron chi connectivity index (χ3n) is 1.81. The Hall–Kier alpha value is -0.710. The molecule has 0 unspecified atom stereocenters. The van der Waals surface area contributed by atoms with Crippen LogP contribution >= 0.6 is 15.9 Å². The molecular formula is C8H8BrF2NO. The lowest BCUT2D eigenvalue weighted by molar-refractivity contribution is 0.145. The van der Waals surface area contributed by atoms with Gasteiger partial charge in [0, 0.05) is 10.9 Å². The molecule has 0 aliphatic heterocycles. The van der Waals surface area contributed by atoms with Gasteiger partial charge in [0.25, 0.3) is 6.43 Å². The standard InChI is InChI=1S/C8H8BrF2NO/c1-4-5(2-9)6(13)3-12-7(4)8(10)11/h3,8,13H,2H2,1H3. The zero-order valence-electron chi connectivity index (χ0n) is 6.89. The van der Waals surface area contributed by atoms with Crippen LogP contribution in [0.25, 0.3) is 0 Å². The third kappa shape index (κ3) is 1.96. The second-order valence-corrected chi connectivity index (χ2v) is 3.13. The van der Waals surface area contributed by atoms with Gasteiger partial charge in [-0.1, -0.05) is 15.9 Å². The Bertz CT molecular complexity index is 317. The van der Waals surface area contributed by atoms with E-state index < -0.39 is 6.43 Å². The Morgan fingerprint density at radius 3 is 2.69 bits per heavy atom. The fourth-order valence-electron chi connectivity index (χ4n) is 1.04. The van der Waals surface area contributed by atoms with E-state index in [0.717, 1.165) is 6.20 Å². The molecule has 0 aliphatic carbocycles. The number of rotatable bonds is 2. The minimum Gasteiger partial charge on any atom is -0.506 e. The first kappa shape index (κ1) is 10.4. The largest absolute Gasteiger partial charge is 0.506 e. The van der Waals surface area contributed by atoms with Crippen molar-refractivity contribution >= 4 is 15.9 Å². The maximum absolute atomic E-state index is 12.3. The van der Waals surface area contributed by atoms with Crippen LogP contribution in [0.1, 0.15) is 23.2 Å². The van der Waals surface area contributed by atoms with Crippen molar-refractivity contribution in [2.45, 2.75) is 18.7 Å². The lowest BCUT2D eigenvalue weighted by Crippen LogP contribution is -1.98. The first-order valence-electron chi connectivity index (χ1n) is 3.59. The summed E-state index contributed by atoms with van der Waals surface area (Å²) in [6.07, 6.45) is -1.55. The summed E-state index contributed by atoms with van der Waals surface area (Å²) in [6, 6.07) is 0. The highest BCUT2D eigenvalue weighted by Gasteiger charge is 2.16. The van der Waals surface area contributed by atoms with Crippen molar-refractivity contribution in [3.05, 3.63) is 23.0 Å². The molecule has 0 fully saturated rings. The first-order valence-corrected chi connectivity index (χ1v) is 4.71. The van der Waals surface area contributed by atoms with E-state index in [-0.39, 0.29) is 11.4 Å². The number of halogens is 3. The highest BCUT2D eigenvalue weighted by atomic mass is 79.9. The molecule has 0 spiro atoms. The molecule has 13 heavy (non-hydrogen) atoms. The molecule has 1 N–H and O–H groups in total. The van der Waals surface area contributed by atoms with E-state index in [4.69, 9.17) is 0 Å². The van der Waals surface area contributed by atoms with Gasteiger partial charge in [-0.25, -0.2) is 8.78 Å². The smallest absolute Gasteiger partial charge is 0.280 e. The average Bonchev–Trinajstić information content (AvgIpc) is 2.04. The molecule has 0 radical (unpaired) electrons. The molecule has 1 rings (SSSR count). The van der Waals surface area contributed by atoms with E-state index in [1.165, 1.54) is 6.92 Å². The van der Waals surface area contributed by atoms with Gasteiger partial charge >= 0.3 is 0 Å². The topological polar surface area (TPSA) is 33.1 Å². The molecule has 0 aromatic carbocycles. The van der Waals surface area contributed by atoms with Crippen molar-refractivity contribution in [1.82, 2.24) is 4.98 Å². The van der Waals surface area contributed by atoms with Gasteiger partial charge in [-0.15, -0.1) is 0 Å². The van der Waals surface area contributed by atoms with Gasteiger partial charge in [0.05, 0.1) is 6.20 Å². The van der Waals surface area contributed by atoms with E-state index in [1.54, 1.807) is 0 Å². The van der Waals surface area contributed by atoms with Gasteiger partial charge in [-0.2, -0.15) is 0 Å². The highest BCUT2D eigenvalue weighted by Crippen LogP contribution is 2.29. The number of alkyl halides is 3. The zero-order valence-corrected chi connectivity index (χ0v) is 8.48. The number of pyridine rings is 1. The van der Waals surface area contributed by atoms with Gasteiger partial charge in [-0.3, -0.25) is 4.98 Å². The maximum Gasteiger partial charge on any atom is 0.280 e.